The van der Waals surface area contributed by atoms with Crippen molar-refractivity contribution in [3.8, 4) is 0 Å². The minimum atomic E-state index is -0.733. The van der Waals surface area contributed by atoms with Crippen LogP contribution in [0.15, 0.2) is 30.3 Å². The zero-order valence-electron chi connectivity index (χ0n) is 14.0. The molecule has 2 aromatic rings. The Hall–Kier alpha value is -2.63. The molecular formula is C18H22N4O2. The molecule has 6 nitrogen and oxygen atoms in total. The first-order chi connectivity index (χ1) is 11.5. The van der Waals surface area contributed by atoms with Gasteiger partial charge in [-0.3, -0.25) is 4.79 Å². The summed E-state index contributed by atoms with van der Waals surface area (Å²) in [5.74, 6) is 1.10. The van der Waals surface area contributed by atoms with Crippen LogP contribution >= 0.6 is 0 Å². The van der Waals surface area contributed by atoms with Crippen molar-refractivity contribution in [2.24, 2.45) is 5.92 Å². The van der Waals surface area contributed by atoms with Crippen LogP contribution in [0.5, 0.6) is 0 Å². The minimum Gasteiger partial charge on any atom is -0.481 e. The predicted octanol–water partition coefficient (Wildman–Crippen LogP) is 3.14. The molecule has 0 bridgehead atoms. The third-order valence-corrected chi connectivity index (χ3v) is 4.24. The van der Waals surface area contributed by atoms with Gasteiger partial charge in [-0.1, -0.05) is 17.7 Å². The lowest BCUT2D eigenvalue weighted by atomic mass is 9.98. The molecule has 1 saturated heterocycles. The summed E-state index contributed by atoms with van der Waals surface area (Å²) in [4.78, 5) is 22.2. The molecule has 24 heavy (non-hydrogen) atoms. The molecule has 0 saturated carbocycles. The van der Waals surface area contributed by atoms with Crippen molar-refractivity contribution < 1.29 is 9.90 Å². The molecular weight excluding hydrogens is 304 g/mol. The highest BCUT2D eigenvalue weighted by atomic mass is 16.4. The molecule has 1 fully saturated rings. The molecule has 0 amide bonds. The molecule has 2 heterocycles. The quantitative estimate of drug-likeness (QED) is 0.899. The van der Waals surface area contributed by atoms with Gasteiger partial charge in [0.2, 0.25) is 0 Å². The van der Waals surface area contributed by atoms with E-state index in [0.717, 1.165) is 36.7 Å². The average Bonchev–Trinajstić information content (AvgIpc) is 2.56. The van der Waals surface area contributed by atoms with Crippen LogP contribution in [-0.4, -0.2) is 34.1 Å². The summed E-state index contributed by atoms with van der Waals surface area (Å²) in [6, 6.07) is 9.98. The van der Waals surface area contributed by atoms with Crippen molar-refractivity contribution in [2.75, 3.05) is 23.3 Å². The molecule has 0 spiro atoms. The second-order valence-electron chi connectivity index (χ2n) is 6.27. The number of nitrogens with zero attached hydrogens (tertiary/aromatic N) is 3. The van der Waals surface area contributed by atoms with Crippen molar-refractivity contribution >= 4 is 23.3 Å². The lowest BCUT2D eigenvalue weighted by Crippen LogP contribution is -2.39. The number of aliphatic carboxylic acids is 1. The highest BCUT2D eigenvalue weighted by Crippen LogP contribution is 2.25. The Bertz CT molecular complexity index is 730. The predicted molar refractivity (Wildman–Crippen MR) is 93.8 cm³/mol. The van der Waals surface area contributed by atoms with Gasteiger partial charge >= 0.3 is 5.97 Å². The summed E-state index contributed by atoms with van der Waals surface area (Å²) in [5, 5.41) is 12.5. The Labute approximate surface area is 141 Å². The summed E-state index contributed by atoms with van der Waals surface area (Å²) in [6.07, 6.45) is 1.59. The molecule has 0 aliphatic carbocycles. The van der Waals surface area contributed by atoms with Gasteiger partial charge < -0.3 is 15.3 Å². The van der Waals surface area contributed by atoms with E-state index in [9.17, 15) is 9.90 Å². The molecule has 1 aliphatic heterocycles. The number of carboxylic acid groups (broad SMARTS) is 1. The second-order valence-corrected chi connectivity index (χ2v) is 6.27. The molecule has 1 aliphatic rings. The Balaban J connectivity index is 1.80. The van der Waals surface area contributed by atoms with E-state index in [-0.39, 0.29) is 5.92 Å². The monoisotopic (exact) mass is 326 g/mol. The van der Waals surface area contributed by atoms with Gasteiger partial charge in [-0.25, -0.2) is 9.97 Å². The van der Waals surface area contributed by atoms with Crippen molar-refractivity contribution in [2.45, 2.75) is 26.7 Å². The number of carboxylic acids is 1. The molecule has 2 N–H and O–H groups in total. The smallest absolute Gasteiger partial charge is 0.308 e. The van der Waals surface area contributed by atoms with E-state index in [1.165, 1.54) is 5.56 Å². The first kappa shape index (κ1) is 16.2. The lowest BCUT2D eigenvalue weighted by molar-refractivity contribution is -0.141. The largest absolute Gasteiger partial charge is 0.481 e. The molecule has 1 atom stereocenters. The number of anilines is 3. The third kappa shape index (κ3) is 3.82. The summed E-state index contributed by atoms with van der Waals surface area (Å²) >= 11 is 0. The molecule has 0 unspecified atom stereocenters. The summed E-state index contributed by atoms with van der Waals surface area (Å²) in [7, 11) is 0. The fourth-order valence-corrected chi connectivity index (χ4v) is 2.95. The Morgan fingerprint density at radius 1 is 1.25 bits per heavy atom. The topological polar surface area (TPSA) is 78.4 Å². The van der Waals surface area contributed by atoms with E-state index in [1.54, 1.807) is 0 Å². The Morgan fingerprint density at radius 2 is 2.00 bits per heavy atom. The van der Waals surface area contributed by atoms with Crippen LogP contribution in [0.1, 0.15) is 24.2 Å². The van der Waals surface area contributed by atoms with Crippen LogP contribution in [0.3, 0.4) is 0 Å². The number of nitrogens with one attached hydrogen (secondary N) is 1. The van der Waals surface area contributed by atoms with Gasteiger partial charge in [-0.15, -0.1) is 0 Å². The second kappa shape index (κ2) is 6.86. The molecule has 6 heteroatoms. The zero-order chi connectivity index (χ0) is 17.1. The number of benzene rings is 1. The van der Waals surface area contributed by atoms with Crippen LogP contribution in [0.2, 0.25) is 0 Å². The molecule has 0 radical (unpaired) electrons. The Kier molecular flexibility index (Phi) is 4.64. The fraction of sp³-hybridized carbons (Fsp3) is 0.389. The van der Waals surface area contributed by atoms with E-state index in [4.69, 9.17) is 0 Å². The average molecular weight is 326 g/mol. The van der Waals surface area contributed by atoms with Crippen LogP contribution in [0, 0.1) is 19.8 Å². The van der Waals surface area contributed by atoms with Gasteiger partial charge in [-0.05, 0) is 38.8 Å². The highest BCUT2D eigenvalue weighted by molar-refractivity contribution is 5.71. The van der Waals surface area contributed by atoms with Gasteiger partial charge in [0.25, 0.3) is 0 Å². The van der Waals surface area contributed by atoms with Crippen molar-refractivity contribution in [3.63, 3.8) is 0 Å². The van der Waals surface area contributed by atoms with E-state index in [0.29, 0.717) is 12.4 Å². The van der Waals surface area contributed by atoms with Gasteiger partial charge in [-0.2, -0.15) is 0 Å². The number of piperidine rings is 1. The van der Waals surface area contributed by atoms with E-state index in [2.05, 4.69) is 15.3 Å². The number of aromatic nitrogens is 2. The van der Waals surface area contributed by atoms with E-state index < -0.39 is 5.97 Å². The van der Waals surface area contributed by atoms with Crippen LogP contribution in [0.25, 0.3) is 0 Å². The third-order valence-electron chi connectivity index (χ3n) is 4.24. The summed E-state index contributed by atoms with van der Waals surface area (Å²) in [5.41, 5.74) is 2.17. The van der Waals surface area contributed by atoms with Gasteiger partial charge in [0.15, 0.2) is 0 Å². The normalized spacial score (nSPS) is 17.6. The number of carbonyl (C=O) groups is 1. The van der Waals surface area contributed by atoms with Crippen molar-refractivity contribution in [1.82, 2.24) is 9.97 Å². The molecule has 126 valence electrons. The van der Waals surface area contributed by atoms with Crippen molar-refractivity contribution in [1.29, 1.82) is 0 Å². The first-order valence-corrected chi connectivity index (χ1v) is 8.18. The number of hydrogen-bond donors (Lipinski definition) is 2. The van der Waals surface area contributed by atoms with Crippen LogP contribution < -0.4 is 10.2 Å². The first-order valence-electron chi connectivity index (χ1n) is 8.18. The van der Waals surface area contributed by atoms with E-state index >= 15 is 0 Å². The maximum atomic E-state index is 11.3. The van der Waals surface area contributed by atoms with E-state index in [1.807, 2.05) is 49.1 Å². The zero-order valence-corrected chi connectivity index (χ0v) is 14.0. The molecule has 1 aromatic carbocycles. The van der Waals surface area contributed by atoms with Crippen LogP contribution in [0.4, 0.5) is 17.3 Å². The van der Waals surface area contributed by atoms with Gasteiger partial charge in [0.05, 0.1) is 5.92 Å². The molecule has 1 aromatic heterocycles. The highest BCUT2D eigenvalue weighted by Gasteiger charge is 2.26. The Morgan fingerprint density at radius 3 is 2.71 bits per heavy atom. The van der Waals surface area contributed by atoms with Crippen LogP contribution in [-0.2, 0) is 4.79 Å². The fourth-order valence-electron chi connectivity index (χ4n) is 2.95. The minimum absolute atomic E-state index is 0.331. The SMILES string of the molecule is Cc1ccc(Nc2cc(N3CCC[C@@H](C(=O)O)C3)nc(C)n2)cc1. The summed E-state index contributed by atoms with van der Waals surface area (Å²) < 4.78 is 0. The van der Waals surface area contributed by atoms with Crippen molar-refractivity contribution in [3.05, 3.63) is 41.7 Å². The van der Waals surface area contributed by atoms with Gasteiger partial charge in [0.1, 0.15) is 17.5 Å². The maximum Gasteiger partial charge on any atom is 0.308 e. The maximum absolute atomic E-state index is 11.3. The number of hydrogen-bond acceptors (Lipinski definition) is 5. The standard InChI is InChI=1S/C18H22N4O2/c1-12-5-7-15(8-6-12)21-16-10-17(20-13(2)19-16)22-9-3-4-14(11-22)18(23)24/h5-8,10,14H,3-4,9,11H2,1-2H3,(H,23,24)(H,19,20,21)/t14-/m1/s1. The lowest BCUT2D eigenvalue weighted by Gasteiger charge is -2.31. The number of rotatable bonds is 4. The number of aryl methyl sites for hydroxylation is 2. The summed E-state index contributed by atoms with van der Waals surface area (Å²) in [6.45, 7) is 5.22. The molecule has 3 rings (SSSR count). The van der Waals surface area contributed by atoms with Gasteiger partial charge in [0, 0.05) is 24.8 Å².